The van der Waals surface area contributed by atoms with Gasteiger partial charge in [-0.1, -0.05) is 66.7 Å². The third-order valence-corrected chi connectivity index (χ3v) is 10.8. The summed E-state index contributed by atoms with van der Waals surface area (Å²) >= 11 is 0. The second kappa shape index (κ2) is 17.1. The number of carbonyl (C=O) groups is 2. The standard InChI is InChI=1S/C39H45N3O6S/c1-47-34-17-10-31(11-18-34)24-25-40-39(44)37(28-32-8-4-3-5-9-32)42(29-33-12-19-35(48-2)20-13-33)38(43)23-16-30-14-21-36(22-15-30)49(45,46)41-26-6-7-27-41/h3-5,8-15,17-22,37H,6-7,16,23-29H2,1-2H3,(H,40,44)/t37-/m0/s1. The van der Waals surface area contributed by atoms with Crippen LogP contribution in [0.2, 0.25) is 0 Å². The van der Waals surface area contributed by atoms with Crippen LogP contribution in [0, 0.1) is 0 Å². The zero-order chi connectivity index (χ0) is 34.6. The Bertz CT molecular complexity index is 1760. The summed E-state index contributed by atoms with van der Waals surface area (Å²) < 4.78 is 38.1. The van der Waals surface area contributed by atoms with Gasteiger partial charge in [-0.3, -0.25) is 9.59 Å². The Hall–Kier alpha value is -4.67. The Balaban J connectivity index is 1.34. The highest BCUT2D eigenvalue weighted by Crippen LogP contribution is 2.23. The molecule has 4 aromatic rings. The van der Waals surface area contributed by atoms with Crippen LogP contribution in [0.4, 0.5) is 0 Å². The summed E-state index contributed by atoms with van der Waals surface area (Å²) in [5, 5.41) is 3.09. The van der Waals surface area contributed by atoms with E-state index < -0.39 is 16.1 Å². The summed E-state index contributed by atoms with van der Waals surface area (Å²) in [6.07, 6.45) is 3.28. The van der Waals surface area contributed by atoms with E-state index in [-0.39, 0.29) is 29.7 Å². The van der Waals surface area contributed by atoms with Gasteiger partial charge in [0, 0.05) is 39.0 Å². The molecule has 2 amide bonds. The molecule has 1 fully saturated rings. The van der Waals surface area contributed by atoms with Crippen molar-refractivity contribution in [3.8, 4) is 11.5 Å². The zero-order valence-corrected chi connectivity index (χ0v) is 29.0. The van der Waals surface area contributed by atoms with Crippen molar-refractivity contribution in [3.05, 3.63) is 125 Å². The monoisotopic (exact) mass is 683 g/mol. The average Bonchev–Trinajstić information content (AvgIpc) is 3.70. The fraction of sp³-hybridized carbons (Fsp3) is 0.333. The van der Waals surface area contributed by atoms with Crippen LogP contribution in [0.15, 0.2) is 108 Å². The first-order valence-electron chi connectivity index (χ1n) is 16.7. The van der Waals surface area contributed by atoms with Gasteiger partial charge in [0.25, 0.3) is 0 Å². The minimum absolute atomic E-state index is 0.152. The van der Waals surface area contributed by atoms with Gasteiger partial charge < -0.3 is 19.7 Å². The minimum atomic E-state index is -3.52. The van der Waals surface area contributed by atoms with Crippen molar-refractivity contribution in [1.82, 2.24) is 14.5 Å². The quantitative estimate of drug-likeness (QED) is 0.169. The second-order valence-corrected chi connectivity index (χ2v) is 14.2. The first-order chi connectivity index (χ1) is 23.8. The van der Waals surface area contributed by atoms with Crippen LogP contribution in [0.3, 0.4) is 0 Å². The smallest absolute Gasteiger partial charge is 0.243 e. The predicted molar refractivity (Wildman–Crippen MR) is 190 cm³/mol. The molecule has 1 aliphatic rings. The van der Waals surface area contributed by atoms with E-state index in [4.69, 9.17) is 9.47 Å². The van der Waals surface area contributed by atoms with E-state index in [1.165, 1.54) is 4.31 Å². The maximum absolute atomic E-state index is 14.1. The lowest BCUT2D eigenvalue weighted by molar-refractivity contribution is -0.141. The van der Waals surface area contributed by atoms with Crippen molar-refractivity contribution in [3.63, 3.8) is 0 Å². The van der Waals surface area contributed by atoms with Crippen LogP contribution in [-0.2, 0) is 45.4 Å². The number of hydrogen-bond donors (Lipinski definition) is 1. The first-order valence-corrected chi connectivity index (χ1v) is 18.2. The number of carbonyl (C=O) groups excluding carboxylic acids is 2. The number of rotatable bonds is 16. The molecule has 1 heterocycles. The van der Waals surface area contributed by atoms with Gasteiger partial charge in [-0.15, -0.1) is 0 Å². The highest BCUT2D eigenvalue weighted by Gasteiger charge is 2.31. The number of methoxy groups -OCH3 is 2. The van der Waals surface area contributed by atoms with Crippen molar-refractivity contribution in [2.75, 3.05) is 33.9 Å². The predicted octanol–water partition coefficient (Wildman–Crippen LogP) is 5.42. The van der Waals surface area contributed by atoms with Crippen molar-refractivity contribution in [2.24, 2.45) is 0 Å². The van der Waals surface area contributed by atoms with Crippen molar-refractivity contribution >= 4 is 21.8 Å². The molecule has 0 aliphatic carbocycles. The summed E-state index contributed by atoms with van der Waals surface area (Å²) in [6, 6.07) is 31.0. The summed E-state index contributed by atoms with van der Waals surface area (Å²) in [5.74, 6) is 1.08. The molecule has 0 aromatic heterocycles. The van der Waals surface area contributed by atoms with Gasteiger partial charge in [-0.2, -0.15) is 4.31 Å². The van der Waals surface area contributed by atoms with Gasteiger partial charge in [0.2, 0.25) is 21.8 Å². The van der Waals surface area contributed by atoms with Gasteiger partial charge in [0.1, 0.15) is 17.5 Å². The number of nitrogens with one attached hydrogen (secondary N) is 1. The van der Waals surface area contributed by atoms with Gasteiger partial charge in [-0.05, 0) is 84.3 Å². The molecule has 1 saturated heterocycles. The third kappa shape index (κ3) is 9.70. The lowest BCUT2D eigenvalue weighted by atomic mass is 10.0. The topological polar surface area (TPSA) is 105 Å². The van der Waals surface area contributed by atoms with E-state index in [1.807, 2.05) is 78.9 Å². The van der Waals surface area contributed by atoms with Crippen LogP contribution in [0.5, 0.6) is 11.5 Å². The molecule has 0 radical (unpaired) electrons. The van der Waals surface area contributed by atoms with E-state index in [2.05, 4.69) is 5.32 Å². The van der Waals surface area contributed by atoms with Crippen LogP contribution in [-0.4, -0.2) is 69.3 Å². The molecule has 0 saturated carbocycles. The molecule has 1 atom stereocenters. The average molecular weight is 684 g/mol. The Morgan fingerprint density at radius 3 is 1.88 bits per heavy atom. The highest BCUT2D eigenvalue weighted by molar-refractivity contribution is 7.89. The van der Waals surface area contributed by atoms with E-state index in [0.717, 1.165) is 40.8 Å². The van der Waals surface area contributed by atoms with Gasteiger partial charge in [0.05, 0.1) is 19.1 Å². The fourth-order valence-corrected chi connectivity index (χ4v) is 7.54. The molecule has 9 nitrogen and oxygen atoms in total. The summed E-state index contributed by atoms with van der Waals surface area (Å²) in [6.45, 7) is 1.73. The minimum Gasteiger partial charge on any atom is -0.497 e. The number of sulfonamides is 1. The molecule has 49 heavy (non-hydrogen) atoms. The van der Waals surface area contributed by atoms with Crippen molar-refractivity contribution < 1.29 is 27.5 Å². The van der Waals surface area contributed by atoms with Crippen LogP contribution < -0.4 is 14.8 Å². The first kappa shape index (κ1) is 35.6. The molecule has 0 bridgehead atoms. The lowest BCUT2D eigenvalue weighted by Crippen LogP contribution is -2.50. The van der Waals surface area contributed by atoms with E-state index in [9.17, 15) is 18.0 Å². The Morgan fingerprint density at radius 1 is 0.735 bits per heavy atom. The highest BCUT2D eigenvalue weighted by atomic mass is 32.2. The van der Waals surface area contributed by atoms with Gasteiger partial charge in [0.15, 0.2) is 0 Å². The molecular formula is C39H45N3O6S. The Morgan fingerprint density at radius 2 is 1.29 bits per heavy atom. The molecule has 4 aromatic carbocycles. The second-order valence-electron chi connectivity index (χ2n) is 12.2. The molecule has 0 unspecified atom stereocenters. The van der Waals surface area contributed by atoms with Crippen molar-refractivity contribution in [1.29, 1.82) is 0 Å². The molecule has 1 aliphatic heterocycles. The van der Waals surface area contributed by atoms with Crippen molar-refractivity contribution in [2.45, 2.75) is 56.0 Å². The number of hydrogen-bond acceptors (Lipinski definition) is 6. The van der Waals surface area contributed by atoms with Gasteiger partial charge in [-0.25, -0.2) is 8.42 Å². The Kier molecular flexibility index (Phi) is 12.5. The maximum atomic E-state index is 14.1. The number of ether oxygens (including phenoxy) is 2. The zero-order valence-electron chi connectivity index (χ0n) is 28.2. The van der Waals surface area contributed by atoms with E-state index in [1.54, 1.807) is 43.4 Å². The molecule has 1 N–H and O–H groups in total. The van der Waals surface area contributed by atoms with Gasteiger partial charge >= 0.3 is 0 Å². The maximum Gasteiger partial charge on any atom is 0.243 e. The van der Waals surface area contributed by atoms with Crippen LogP contribution in [0.25, 0.3) is 0 Å². The summed E-state index contributed by atoms with van der Waals surface area (Å²) in [7, 11) is -0.293. The summed E-state index contributed by atoms with van der Waals surface area (Å²) in [5.41, 5.74) is 3.72. The van der Waals surface area contributed by atoms with Crippen LogP contribution >= 0.6 is 0 Å². The lowest BCUT2D eigenvalue weighted by Gasteiger charge is -2.32. The fourth-order valence-electron chi connectivity index (χ4n) is 6.02. The number of benzene rings is 4. The third-order valence-electron chi connectivity index (χ3n) is 8.91. The molecule has 0 spiro atoms. The number of amides is 2. The number of nitrogens with zero attached hydrogens (tertiary/aromatic N) is 2. The van der Waals surface area contributed by atoms with E-state index >= 15 is 0 Å². The summed E-state index contributed by atoms with van der Waals surface area (Å²) in [4.78, 5) is 30.1. The normalized spacial score (nSPS) is 13.8. The Labute approximate surface area is 289 Å². The van der Waals surface area contributed by atoms with E-state index in [0.29, 0.717) is 44.6 Å². The molecular weight excluding hydrogens is 639 g/mol. The molecule has 258 valence electrons. The van der Waals surface area contributed by atoms with Crippen LogP contribution in [0.1, 0.15) is 41.5 Å². The SMILES string of the molecule is COc1ccc(CCNC(=O)[C@H](Cc2ccccc2)N(Cc2ccc(OC)cc2)C(=O)CCc2ccc(S(=O)(=O)N3CCCC3)cc2)cc1. The number of aryl methyl sites for hydroxylation is 1. The molecule has 10 heteroatoms. The molecule has 5 rings (SSSR count). The largest absolute Gasteiger partial charge is 0.497 e.